The molecule has 0 aromatic heterocycles. The summed E-state index contributed by atoms with van der Waals surface area (Å²) in [5.74, 6) is 0.422. The fourth-order valence-corrected chi connectivity index (χ4v) is 2.91. The first-order valence-electron chi connectivity index (χ1n) is 6.70. The van der Waals surface area contributed by atoms with Crippen molar-refractivity contribution in [3.63, 3.8) is 0 Å². The number of nitro benzene ring substituents is 1. The Morgan fingerprint density at radius 3 is 2.81 bits per heavy atom. The van der Waals surface area contributed by atoms with E-state index in [1.807, 2.05) is 0 Å². The first kappa shape index (κ1) is 15.7. The number of nitrogens with zero attached hydrogens (tertiary/aromatic N) is 1. The van der Waals surface area contributed by atoms with Crippen LogP contribution in [0.1, 0.15) is 12.8 Å². The molecule has 0 aliphatic carbocycles. The van der Waals surface area contributed by atoms with E-state index in [0.29, 0.717) is 12.5 Å². The minimum absolute atomic E-state index is 0.0825. The Kier molecular flexibility index (Phi) is 4.79. The molecule has 1 aliphatic heterocycles. The lowest BCUT2D eigenvalue weighted by Gasteiger charge is -2.22. The van der Waals surface area contributed by atoms with Crippen LogP contribution in [0.4, 0.5) is 5.69 Å². The van der Waals surface area contributed by atoms with E-state index in [-0.39, 0.29) is 16.3 Å². The molecule has 1 N–H and O–H groups in total. The highest BCUT2D eigenvalue weighted by Crippen LogP contribution is 2.30. The summed E-state index contributed by atoms with van der Waals surface area (Å²) in [4.78, 5) is 10.4. The lowest BCUT2D eigenvalue weighted by Crippen LogP contribution is -2.33. The summed E-state index contributed by atoms with van der Waals surface area (Å²) < 4.78 is 28.4. The molecule has 7 nitrogen and oxygen atoms in total. The summed E-state index contributed by atoms with van der Waals surface area (Å²) in [6.07, 6.45) is 3.09. The number of ether oxygens (including phenoxy) is 1. The van der Waals surface area contributed by atoms with Gasteiger partial charge < -0.3 is 10.1 Å². The van der Waals surface area contributed by atoms with Gasteiger partial charge in [-0.3, -0.25) is 10.1 Å². The van der Waals surface area contributed by atoms with Crippen molar-refractivity contribution in [2.24, 2.45) is 5.92 Å². The molecular formula is C13H18N2O5S. The van der Waals surface area contributed by atoms with Crippen LogP contribution >= 0.6 is 0 Å². The lowest BCUT2D eigenvalue weighted by molar-refractivity contribution is -0.386. The van der Waals surface area contributed by atoms with Crippen LogP contribution in [0, 0.1) is 16.0 Å². The molecule has 1 unspecified atom stereocenters. The average Bonchev–Trinajstić information content (AvgIpc) is 2.45. The third-order valence-electron chi connectivity index (χ3n) is 3.43. The Labute approximate surface area is 123 Å². The molecule has 116 valence electrons. The normalized spacial score (nSPS) is 19.2. The number of benzene rings is 1. The van der Waals surface area contributed by atoms with Crippen molar-refractivity contribution in [3.05, 3.63) is 28.3 Å². The van der Waals surface area contributed by atoms with Gasteiger partial charge >= 0.3 is 5.69 Å². The highest BCUT2D eigenvalue weighted by atomic mass is 32.2. The fourth-order valence-electron chi connectivity index (χ4n) is 2.27. The molecule has 1 aromatic rings. The second-order valence-corrected chi connectivity index (χ2v) is 7.20. The second-order valence-electron chi connectivity index (χ2n) is 5.18. The zero-order chi connectivity index (χ0) is 15.5. The van der Waals surface area contributed by atoms with Crippen molar-refractivity contribution >= 4 is 15.5 Å². The van der Waals surface area contributed by atoms with Gasteiger partial charge in [0.05, 0.1) is 16.4 Å². The Morgan fingerprint density at radius 1 is 1.48 bits per heavy atom. The topological polar surface area (TPSA) is 98.5 Å². The predicted octanol–water partition coefficient (Wildman–Crippen LogP) is 1.38. The van der Waals surface area contributed by atoms with Crippen molar-refractivity contribution in [2.75, 3.05) is 26.0 Å². The molecule has 1 heterocycles. The monoisotopic (exact) mass is 314 g/mol. The van der Waals surface area contributed by atoms with Gasteiger partial charge in [-0.2, -0.15) is 0 Å². The van der Waals surface area contributed by atoms with Gasteiger partial charge in [-0.05, 0) is 31.5 Å². The van der Waals surface area contributed by atoms with E-state index in [1.54, 1.807) is 0 Å². The number of rotatable bonds is 5. The molecule has 1 aromatic carbocycles. The summed E-state index contributed by atoms with van der Waals surface area (Å²) in [5, 5.41) is 14.3. The zero-order valence-electron chi connectivity index (χ0n) is 11.7. The Hall–Kier alpha value is -1.67. The summed E-state index contributed by atoms with van der Waals surface area (Å²) in [5.41, 5.74) is -0.318. The quantitative estimate of drug-likeness (QED) is 0.651. The number of sulfone groups is 1. The van der Waals surface area contributed by atoms with Crippen molar-refractivity contribution in [2.45, 2.75) is 17.7 Å². The molecule has 0 spiro atoms. The number of nitro groups is 1. The fraction of sp³-hybridized carbons (Fsp3) is 0.538. The highest BCUT2D eigenvalue weighted by molar-refractivity contribution is 7.90. The Bertz CT molecular complexity index is 623. The van der Waals surface area contributed by atoms with Crippen molar-refractivity contribution in [1.29, 1.82) is 0 Å². The van der Waals surface area contributed by atoms with E-state index in [1.165, 1.54) is 12.1 Å². The maximum Gasteiger partial charge on any atom is 0.312 e. The van der Waals surface area contributed by atoms with Crippen LogP contribution in [0.15, 0.2) is 23.1 Å². The first-order valence-corrected chi connectivity index (χ1v) is 8.59. The smallest absolute Gasteiger partial charge is 0.312 e. The molecule has 1 fully saturated rings. The summed E-state index contributed by atoms with van der Waals surface area (Å²) in [6, 6.07) is 3.73. The summed E-state index contributed by atoms with van der Waals surface area (Å²) in [7, 11) is -3.48. The lowest BCUT2D eigenvalue weighted by atomic mass is 10.0. The van der Waals surface area contributed by atoms with E-state index in [2.05, 4.69) is 5.32 Å². The third-order valence-corrected chi connectivity index (χ3v) is 4.54. The van der Waals surface area contributed by atoms with Crippen LogP contribution < -0.4 is 10.1 Å². The molecule has 1 atom stereocenters. The average molecular weight is 314 g/mol. The molecule has 21 heavy (non-hydrogen) atoms. The molecule has 0 radical (unpaired) electrons. The highest BCUT2D eigenvalue weighted by Gasteiger charge is 2.21. The maximum atomic E-state index is 11.5. The van der Waals surface area contributed by atoms with E-state index < -0.39 is 14.8 Å². The standard InChI is InChI=1S/C13H18N2O5S/c1-21(18,19)11-4-5-13(12(7-11)15(16)17)20-9-10-3-2-6-14-8-10/h4-5,7,10,14H,2-3,6,8-9H2,1H3. The van der Waals surface area contributed by atoms with Gasteiger partial charge in [-0.25, -0.2) is 8.42 Å². The number of hydrogen-bond acceptors (Lipinski definition) is 6. The number of piperidine rings is 1. The van der Waals surface area contributed by atoms with Gasteiger partial charge in [0.15, 0.2) is 15.6 Å². The number of hydrogen-bond donors (Lipinski definition) is 1. The van der Waals surface area contributed by atoms with Crippen LogP contribution in [-0.4, -0.2) is 39.3 Å². The Morgan fingerprint density at radius 2 is 2.24 bits per heavy atom. The van der Waals surface area contributed by atoms with Crippen LogP contribution in [-0.2, 0) is 9.84 Å². The van der Waals surface area contributed by atoms with E-state index in [9.17, 15) is 18.5 Å². The van der Waals surface area contributed by atoms with Crippen molar-refractivity contribution in [1.82, 2.24) is 5.32 Å². The van der Waals surface area contributed by atoms with Crippen LogP contribution in [0.2, 0.25) is 0 Å². The SMILES string of the molecule is CS(=O)(=O)c1ccc(OCC2CCCNC2)c([N+](=O)[O-])c1. The van der Waals surface area contributed by atoms with Crippen LogP contribution in [0.5, 0.6) is 5.75 Å². The van der Waals surface area contributed by atoms with Gasteiger partial charge in [-0.15, -0.1) is 0 Å². The Balaban J connectivity index is 2.16. The first-order chi connectivity index (χ1) is 9.88. The second kappa shape index (κ2) is 6.40. The van der Waals surface area contributed by atoms with E-state index in [0.717, 1.165) is 38.3 Å². The van der Waals surface area contributed by atoms with Gasteiger partial charge in [0, 0.05) is 24.8 Å². The number of nitrogens with one attached hydrogen (secondary N) is 1. The molecule has 0 amide bonds. The van der Waals surface area contributed by atoms with E-state index >= 15 is 0 Å². The van der Waals surface area contributed by atoms with Crippen molar-refractivity contribution in [3.8, 4) is 5.75 Å². The molecule has 0 bridgehead atoms. The molecule has 1 aliphatic rings. The third kappa shape index (κ3) is 4.15. The minimum atomic E-state index is -3.48. The minimum Gasteiger partial charge on any atom is -0.486 e. The van der Waals surface area contributed by atoms with Gasteiger partial charge in [-0.1, -0.05) is 0 Å². The van der Waals surface area contributed by atoms with Crippen LogP contribution in [0.3, 0.4) is 0 Å². The molecule has 2 rings (SSSR count). The molecule has 0 saturated carbocycles. The van der Waals surface area contributed by atoms with Crippen molar-refractivity contribution < 1.29 is 18.1 Å². The van der Waals surface area contributed by atoms with Gasteiger partial charge in [0.1, 0.15) is 0 Å². The van der Waals surface area contributed by atoms with Gasteiger partial charge in [0.25, 0.3) is 0 Å². The van der Waals surface area contributed by atoms with E-state index in [4.69, 9.17) is 4.74 Å². The molecule has 8 heteroatoms. The molecule has 1 saturated heterocycles. The van der Waals surface area contributed by atoms with Crippen LogP contribution in [0.25, 0.3) is 0 Å². The largest absolute Gasteiger partial charge is 0.486 e. The summed E-state index contributed by atoms with van der Waals surface area (Å²) >= 11 is 0. The zero-order valence-corrected chi connectivity index (χ0v) is 12.6. The summed E-state index contributed by atoms with van der Waals surface area (Å²) in [6.45, 7) is 2.20. The predicted molar refractivity (Wildman–Crippen MR) is 77.3 cm³/mol. The molecular weight excluding hydrogens is 296 g/mol. The van der Waals surface area contributed by atoms with Gasteiger partial charge in [0.2, 0.25) is 0 Å². The maximum absolute atomic E-state index is 11.5.